The van der Waals surface area contributed by atoms with Gasteiger partial charge in [-0.2, -0.15) is 0 Å². The van der Waals surface area contributed by atoms with E-state index in [1.807, 2.05) is 27.7 Å². The van der Waals surface area contributed by atoms with E-state index >= 15 is 0 Å². The van der Waals surface area contributed by atoms with Crippen LogP contribution in [-0.4, -0.2) is 26.1 Å². The number of hydrogen-bond acceptors (Lipinski definition) is 7. The minimum Gasteiger partial charge on any atom is -0.309 e. The molecule has 6 nitrogen and oxygen atoms in total. The number of nitrogens with zero attached hydrogens (tertiary/aromatic N) is 2. The number of H-pyrrole nitrogens is 1. The molecule has 1 unspecified atom stereocenters. The van der Waals surface area contributed by atoms with Gasteiger partial charge in [0.05, 0.1) is 26.6 Å². The highest BCUT2D eigenvalue weighted by Crippen LogP contribution is 2.30. The third-order valence-corrected chi connectivity index (χ3v) is 8.16. The van der Waals surface area contributed by atoms with Crippen molar-refractivity contribution in [3.8, 4) is 0 Å². The normalized spacial score (nSPS) is 12.6. The third-order valence-electron chi connectivity index (χ3n) is 4.99. The third kappa shape index (κ3) is 4.01. The molecule has 3 aromatic heterocycles. The average molecular weight is 459 g/mol. The van der Waals surface area contributed by atoms with Crippen molar-refractivity contribution >= 4 is 65.9 Å². The van der Waals surface area contributed by atoms with Gasteiger partial charge in [0.1, 0.15) is 10.7 Å². The number of carbonyl (C=O) groups excluding carboxylic acids is 1. The second-order valence-corrected chi connectivity index (χ2v) is 10.9. The van der Waals surface area contributed by atoms with Crippen LogP contribution in [0, 0.1) is 27.7 Å². The average Bonchev–Trinajstić information content (AvgIpc) is 3.20. The van der Waals surface area contributed by atoms with E-state index in [2.05, 4.69) is 39.3 Å². The van der Waals surface area contributed by atoms with Gasteiger partial charge < -0.3 is 10.3 Å². The first kappa shape index (κ1) is 21.0. The molecule has 30 heavy (non-hydrogen) atoms. The van der Waals surface area contributed by atoms with Crippen molar-refractivity contribution in [2.24, 2.45) is 0 Å². The molecule has 4 aromatic rings. The Labute approximate surface area is 186 Å². The number of aromatic nitrogens is 3. The maximum absolute atomic E-state index is 12.6. The number of thiazole rings is 1. The van der Waals surface area contributed by atoms with Crippen LogP contribution in [0.3, 0.4) is 0 Å². The van der Waals surface area contributed by atoms with E-state index in [9.17, 15) is 9.59 Å². The van der Waals surface area contributed by atoms with Crippen LogP contribution in [0.15, 0.2) is 16.9 Å². The lowest BCUT2D eigenvalue weighted by atomic mass is 10.1. The summed E-state index contributed by atoms with van der Waals surface area (Å²) >= 11 is 4.44. The number of aromatic amines is 1. The lowest BCUT2D eigenvalue weighted by Crippen LogP contribution is -2.23. The summed E-state index contributed by atoms with van der Waals surface area (Å²) in [6, 6.07) is 4.17. The smallest absolute Gasteiger partial charge is 0.259 e. The first-order valence-electron chi connectivity index (χ1n) is 9.52. The Balaban J connectivity index is 1.44. The van der Waals surface area contributed by atoms with Crippen molar-refractivity contribution in [2.75, 3.05) is 5.32 Å². The van der Waals surface area contributed by atoms with Crippen molar-refractivity contribution in [3.05, 3.63) is 49.9 Å². The van der Waals surface area contributed by atoms with Gasteiger partial charge in [-0.25, -0.2) is 9.97 Å². The number of benzene rings is 1. The Bertz CT molecular complexity index is 1340. The highest BCUT2D eigenvalue weighted by Gasteiger charge is 2.18. The molecule has 0 aliphatic rings. The number of thioether (sulfide) groups is 1. The summed E-state index contributed by atoms with van der Waals surface area (Å²) in [4.78, 5) is 38.9. The Morgan fingerprint density at radius 2 is 1.97 bits per heavy atom. The number of thiophene rings is 1. The highest BCUT2D eigenvalue weighted by molar-refractivity contribution is 7.99. The zero-order chi connectivity index (χ0) is 21.6. The molecule has 0 fully saturated rings. The number of fused-ring (bicyclic) bond motifs is 2. The molecule has 1 aromatic carbocycles. The fraction of sp³-hybridized carbons (Fsp3) is 0.333. The minimum absolute atomic E-state index is 0.111. The van der Waals surface area contributed by atoms with Crippen molar-refractivity contribution < 1.29 is 4.79 Å². The molecule has 0 aliphatic heterocycles. The number of hydrogen-bond donors (Lipinski definition) is 2. The van der Waals surface area contributed by atoms with Crippen molar-refractivity contribution in [3.63, 3.8) is 0 Å². The van der Waals surface area contributed by atoms with Gasteiger partial charge in [-0.1, -0.05) is 17.4 Å². The van der Waals surface area contributed by atoms with Gasteiger partial charge >= 0.3 is 0 Å². The van der Waals surface area contributed by atoms with E-state index in [-0.39, 0.29) is 16.7 Å². The first-order valence-corrected chi connectivity index (χ1v) is 12.2. The van der Waals surface area contributed by atoms with Crippen LogP contribution in [0.4, 0.5) is 5.13 Å². The van der Waals surface area contributed by atoms with Crippen molar-refractivity contribution in [2.45, 2.75) is 45.6 Å². The van der Waals surface area contributed by atoms with E-state index in [0.29, 0.717) is 22.1 Å². The summed E-state index contributed by atoms with van der Waals surface area (Å²) in [6.07, 6.45) is 0. The predicted octanol–water partition coefficient (Wildman–Crippen LogP) is 5.09. The van der Waals surface area contributed by atoms with Crippen LogP contribution in [0.1, 0.15) is 34.3 Å². The SMILES string of the molecule is Cc1cc(C)c2nc(NC(=O)C(C)SCc3nc4sc(C)c(C)c4c(=O)[nH]3)sc2c1. The summed E-state index contributed by atoms with van der Waals surface area (Å²) in [7, 11) is 0. The van der Waals surface area contributed by atoms with Gasteiger partial charge in [0.2, 0.25) is 5.91 Å². The van der Waals surface area contributed by atoms with Crippen LogP contribution in [-0.2, 0) is 10.5 Å². The topological polar surface area (TPSA) is 87.7 Å². The lowest BCUT2D eigenvalue weighted by Gasteiger charge is -2.10. The van der Waals surface area contributed by atoms with Crippen LogP contribution in [0.25, 0.3) is 20.4 Å². The Morgan fingerprint density at radius 3 is 2.73 bits per heavy atom. The second-order valence-electron chi connectivity index (χ2n) is 7.37. The summed E-state index contributed by atoms with van der Waals surface area (Å²) in [5, 5.41) is 3.88. The molecule has 3 heterocycles. The Hall–Kier alpha value is -2.23. The van der Waals surface area contributed by atoms with Crippen LogP contribution in [0.2, 0.25) is 0 Å². The molecule has 1 atom stereocenters. The van der Waals surface area contributed by atoms with Gasteiger partial charge in [0, 0.05) is 4.88 Å². The second kappa shape index (κ2) is 8.13. The molecule has 0 bridgehead atoms. The molecular formula is C21H22N4O2S3. The molecule has 2 N–H and O–H groups in total. The number of aryl methyl sites for hydroxylation is 4. The number of amides is 1. The monoisotopic (exact) mass is 458 g/mol. The first-order chi connectivity index (χ1) is 14.2. The number of anilines is 1. The van der Waals surface area contributed by atoms with Crippen molar-refractivity contribution in [1.29, 1.82) is 0 Å². The van der Waals surface area contributed by atoms with E-state index in [0.717, 1.165) is 31.1 Å². The van der Waals surface area contributed by atoms with Gasteiger partial charge in [-0.15, -0.1) is 23.1 Å². The van der Waals surface area contributed by atoms with Gasteiger partial charge in [0.15, 0.2) is 5.13 Å². The van der Waals surface area contributed by atoms with E-state index in [1.165, 1.54) is 40.0 Å². The number of nitrogens with one attached hydrogen (secondary N) is 2. The molecule has 0 saturated heterocycles. The number of rotatable bonds is 5. The maximum Gasteiger partial charge on any atom is 0.259 e. The van der Waals surface area contributed by atoms with Gasteiger partial charge in [0.25, 0.3) is 5.56 Å². The molecule has 9 heteroatoms. The molecule has 1 amide bonds. The van der Waals surface area contributed by atoms with E-state index < -0.39 is 0 Å². The fourth-order valence-corrected chi connectivity index (χ4v) is 6.13. The van der Waals surface area contributed by atoms with E-state index in [4.69, 9.17) is 0 Å². The zero-order valence-electron chi connectivity index (χ0n) is 17.4. The van der Waals surface area contributed by atoms with Crippen LogP contribution >= 0.6 is 34.4 Å². The molecule has 0 radical (unpaired) electrons. The predicted molar refractivity (Wildman–Crippen MR) is 128 cm³/mol. The van der Waals surface area contributed by atoms with Gasteiger partial charge in [-0.3, -0.25) is 9.59 Å². The molecule has 0 spiro atoms. The molecular weight excluding hydrogens is 436 g/mol. The maximum atomic E-state index is 12.6. The Kier molecular flexibility index (Phi) is 5.69. The quantitative estimate of drug-likeness (QED) is 0.435. The summed E-state index contributed by atoms with van der Waals surface area (Å²) in [5.41, 5.74) is 4.08. The van der Waals surface area contributed by atoms with Crippen molar-refractivity contribution in [1.82, 2.24) is 15.0 Å². The molecule has 4 rings (SSSR count). The summed E-state index contributed by atoms with van der Waals surface area (Å²) in [6.45, 7) is 9.86. The number of carbonyl (C=O) groups is 1. The van der Waals surface area contributed by atoms with Crippen LogP contribution < -0.4 is 10.9 Å². The minimum atomic E-state index is -0.312. The zero-order valence-corrected chi connectivity index (χ0v) is 19.8. The largest absolute Gasteiger partial charge is 0.309 e. The fourth-order valence-electron chi connectivity index (χ4n) is 3.28. The van der Waals surface area contributed by atoms with E-state index in [1.54, 1.807) is 0 Å². The van der Waals surface area contributed by atoms with Crippen LogP contribution in [0.5, 0.6) is 0 Å². The highest BCUT2D eigenvalue weighted by atomic mass is 32.2. The molecule has 156 valence electrons. The molecule has 0 saturated carbocycles. The molecule has 0 aliphatic carbocycles. The van der Waals surface area contributed by atoms with Gasteiger partial charge in [-0.05, 0) is 57.4 Å². The lowest BCUT2D eigenvalue weighted by molar-refractivity contribution is -0.115. The summed E-state index contributed by atoms with van der Waals surface area (Å²) in [5.74, 6) is 0.928. The standard InChI is InChI=1S/C21H22N4O2S3/c1-9-6-10(2)17-14(7-9)30-21(24-17)25-18(26)13(5)28-8-15-22-19(27)16-11(3)12(4)29-20(16)23-15/h6-7,13H,8H2,1-5H3,(H,22,23,27)(H,24,25,26). The summed E-state index contributed by atoms with van der Waals surface area (Å²) < 4.78 is 1.07. The Morgan fingerprint density at radius 1 is 1.20 bits per heavy atom.